The molecule has 0 aliphatic heterocycles. The normalized spacial score (nSPS) is 13.4. The van der Waals surface area contributed by atoms with Crippen LogP contribution in [0, 0.1) is 6.92 Å². The van der Waals surface area contributed by atoms with Gasteiger partial charge in [0.15, 0.2) is 11.4 Å². The molecule has 3 aromatic rings. The van der Waals surface area contributed by atoms with E-state index < -0.39 is 23.3 Å². The molecule has 4 rings (SSSR count). The van der Waals surface area contributed by atoms with Crippen molar-refractivity contribution in [2.75, 3.05) is 19.8 Å². The third-order valence-corrected chi connectivity index (χ3v) is 6.65. The Labute approximate surface area is 242 Å². The maximum atomic E-state index is 12.9. The number of carbonyl (C=O) groups excluding carboxylic acids is 2. The molecule has 42 heavy (non-hydrogen) atoms. The Bertz CT molecular complexity index is 1420. The molecule has 1 aromatic heterocycles. The van der Waals surface area contributed by atoms with Crippen LogP contribution in [0.3, 0.4) is 0 Å². The standard InChI is InChI=1S/C31H34F3N3O5/c1-5-40-29(39)30(3,4)42-25-13-12-24(16-19(25)2)41-15-14-35-26(38)17-22-18-36-28(37-27(22)20-6-7-20)21-8-10-23(11-9-21)31(32,33)34/h8-13,16,18,20H,5-7,14-15,17H2,1-4H3,(H,35,38). The zero-order chi connectivity index (χ0) is 30.5. The van der Waals surface area contributed by atoms with E-state index in [1.54, 1.807) is 45.2 Å². The van der Waals surface area contributed by atoms with Gasteiger partial charge >= 0.3 is 12.1 Å². The number of nitrogens with one attached hydrogen (secondary N) is 1. The van der Waals surface area contributed by atoms with Crippen molar-refractivity contribution in [1.29, 1.82) is 0 Å². The average Bonchev–Trinajstić information content (AvgIpc) is 3.78. The zero-order valence-corrected chi connectivity index (χ0v) is 24.0. The van der Waals surface area contributed by atoms with Gasteiger partial charge in [-0.05, 0) is 76.4 Å². The highest BCUT2D eigenvalue weighted by molar-refractivity contribution is 5.79. The summed E-state index contributed by atoms with van der Waals surface area (Å²) < 4.78 is 55.4. The van der Waals surface area contributed by atoms with E-state index in [2.05, 4.69) is 15.3 Å². The first-order chi connectivity index (χ1) is 19.9. The Hall–Kier alpha value is -4.15. The number of hydrogen-bond donors (Lipinski definition) is 1. The van der Waals surface area contributed by atoms with Crippen molar-refractivity contribution in [3.63, 3.8) is 0 Å². The van der Waals surface area contributed by atoms with E-state index in [4.69, 9.17) is 14.2 Å². The summed E-state index contributed by atoms with van der Waals surface area (Å²) in [6.07, 6.45) is -0.867. The molecule has 0 saturated heterocycles. The number of aryl methyl sites for hydroxylation is 1. The van der Waals surface area contributed by atoms with Crippen LogP contribution in [0.5, 0.6) is 11.5 Å². The Morgan fingerprint density at radius 1 is 1.07 bits per heavy atom. The molecule has 1 aliphatic carbocycles. The number of esters is 1. The van der Waals surface area contributed by atoms with Gasteiger partial charge in [-0.1, -0.05) is 12.1 Å². The van der Waals surface area contributed by atoms with Crippen molar-refractivity contribution in [3.8, 4) is 22.9 Å². The maximum absolute atomic E-state index is 12.9. The van der Waals surface area contributed by atoms with Crippen molar-refractivity contribution >= 4 is 11.9 Å². The highest BCUT2D eigenvalue weighted by atomic mass is 19.4. The van der Waals surface area contributed by atoms with Crippen molar-refractivity contribution < 1.29 is 37.0 Å². The largest absolute Gasteiger partial charge is 0.492 e. The van der Waals surface area contributed by atoms with E-state index >= 15 is 0 Å². The van der Waals surface area contributed by atoms with E-state index in [1.165, 1.54) is 12.1 Å². The summed E-state index contributed by atoms with van der Waals surface area (Å²) in [5, 5.41) is 2.83. The van der Waals surface area contributed by atoms with Gasteiger partial charge in [-0.25, -0.2) is 14.8 Å². The van der Waals surface area contributed by atoms with Crippen molar-refractivity contribution in [1.82, 2.24) is 15.3 Å². The third-order valence-electron chi connectivity index (χ3n) is 6.65. The van der Waals surface area contributed by atoms with Gasteiger partial charge in [0, 0.05) is 23.2 Å². The lowest BCUT2D eigenvalue weighted by Crippen LogP contribution is -2.39. The highest BCUT2D eigenvalue weighted by Gasteiger charge is 2.33. The minimum atomic E-state index is -4.41. The summed E-state index contributed by atoms with van der Waals surface area (Å²) in [7, 11) is 0. The second-order valence-electron chi connectivity index (χ2n) is 10.6. The first kappa shape index (κ1) is 30.8. The van der Waals surface area contributed by atoms with Gasteiger partial charge in [0.2, 0.25) is 5.91 Å². The molecule has 1 saturated carbocycles. The Morgan fingerprint density at radius 2 is 1.79 bits per heavy atom. The summed E-state index contributed by atoms with van der Waals surface area (Å²) >= 11 is 0. The number of hydrogen-bond acceptors (Lipinski definition) is 7. The second kappa shape index (κ2) is 12.8. The molecular weight excluding hydrogens is 551 g/mol. The minimum absolute atomic E-state index is 0.0838. The number of benzene rings is 2. The lowest BCUT2D eigenvalue weighted by Gasteiger charge is -2.25. The molecule has 8 nitrogen and oxygen atoms in total. The van der Waals surface area contributed by atoms with Crippen LogP contribution in [-0.4, -0.2) is 47.2 Å². The predicted molar refractivity (Wildman–Crippen MR) is 149 cm³/mol. The van der Waals surface area contributed by atoms with Crippen LogP contribution >= 0.6 is 0 Å². The van der Waals surface area contributed by atoms with E-state index in [0.717, 1.165) is 36.2 Å². The third kappa shape index (κ3) is 7.98. The van der Waals surface area contributed by atoms with E-state index in [9.17, 15) is 22.8 Å². The van der Waals surface area contributed by atoms with Crippen molar-refractivity contribution in [2.24, 2.45) is 0 Å². The zero-order valence-electron chi connectivity index (χ0n) is 24.0. The number of halogens is 3. The molecule has 224 valence electrons. The number of alkyl halides is 3. The average molecular weight is 586 g/mol. The molecule has 1 aliphatic rings. The molecule has 0 radical (unpaired) electrons. The van der Waals surface area contributed by atoms with Gasteiger partial charge in [-0.2, -0.15) is 13.2 Å². The molecule has 1 heterocycles. The first-order valence-corrected chi connectivity index (χ1v) is 13.8. The smallest absolute Gasteiger partial charge is 0.416 e. The second-order valence-corrected chi connectivity index (χ2v) is 10.6. The number of carbonyl (C=O) groups is 2. The molecule has 1 N–H and O–H groups in total. The summed E-state index contributed by atoms with van der Waals surface area (Å²) in [6.45, 7) is 7.64. The molecule has 2 aromatic carbocycles. The predicted octanol–water partition coefficient (Wildman–Crippen LogP) is 5.81. The SMILES string of the molecule is CCOC(=O)C(C)(C)Oc1ccc(OCCNC(=O)Cc2cnc(-c3ccc(C(F)(F)F)cc3)nc2C2CC2)cc1C. The van der Waals surface area contributed by atoms with Crippen LogP contribution < -0.4 is 14.8 Å². The fraction of sp³-hybridized carbons (Fsp3) is 0.419. The molecule has 0 unspecified atom stereocenters. The molecule has 0 spiro atoms. The minimum Gasteiger partial charge on any atom is -0.492 e. The summed E-state index contributed by atoms with van der Waals surface area (Å²) in [6, 6.07) is 9.96. The quantitative estimate of drug-likeness (QED) is 0.212. The van der Waals surface area contributed by atoms with Crippen LogP contribution in [0.15, 0.2) is 48.7 Å². The van der Waals surface area contributed by atoms with Crippen molar-refractivity contribution in [2.45, 2.75) is 64.7 Å². The van der Waals surface area contributed by atoms with Crippen LogP contribution in [0.4, 0.5) is 13.2 Å². The van der Waals surface area contributed by atoms with Gasteiger partial charge in [0.25, 0.3) is 0 Å². The van der Waals surface area contributed by atoms with Gasteiger partial charge < -0.3 is 19.5 Å². The van der Waals surface area contributed by atoms with Crippen LogP contribution in [0.25, 0.3) is 11.4 Å². The van der Waals surface area contributed by atoms with Crippen LogP contribution in [-0.2, 0) is 26.9 Å². The molecule has 11 heteroatoms. The van der Waals surface area contributed by atoms with Crippen molar-refractivity contribution in [3.05, 3.63) is 71.0 Å². The van der Waals surface area contributed by atoms with Gasteiger partial charge in [-0.3, -0.25) is 4.79 Å². The van der Waals surface area contributed by atoms with E-state index in [-0.39, 0.29) is 38.0 Å². The number of ether oxygens (including phenoxy) is 3. The lowest BCUT2D eigenvalue weighted by atomic mass is 10.1. The molecule has 1 fully saturated rings. The maximum Gasteiger partial charge on any atom is 0.416 e. The van der Waals surface area contributed by atoms with E-state index in [1.807, 2.05) is 6.92 Å². The molecule has 1 amide bonds. The van der Waals surface area contributed by atoms with Gasteiger partial charge in [0.1, 0.15) is 18.1 Å². The number of amides is 1. The van der Waals surface area contributed by atoms with Gasteiger partial charge in [0.05, 0.1) is 30.8 Å². The Balaban J connectivity index is 1.29. The molecule has 0 atom stereocenters. The van der Waals surface area contributed by atoms with Crippen LogP contribution in [0.2, 0.25) is 0 Å². The topological polar surface area (TPSA) is 99.6 Å². The van der Waals surface area contributed by atoms with Crippen LogP contribution in [0.1, 0.15) is 61.9 Å². The van der Waals surface area contributed by atoms with Gasteiger partial charge in [-0.15, -0.1) is 0 Å². The first-order valence-electron chi connectivity index (χ1n) is 13.8. The summed E-state index contributed by atoms with van der Waals surface area (Å²) in [4.78, 5) is 33.7. The fourth-order valence-electron chi connectivity index (χ4n) is 4.26. The Morgan fingerprint density at radius 3 is 2.40 bits per heavy atom. The van der Waals surface area contributed by atoms with E-state index in [0.29, 0.717) is 28.5 Å². The molecular formula is C31H34F3N3O5. The number of nitrogens with zero attached hydrogens (tertiary/aromatic N) is 2. The number of rotatable bonds is 12. The fourth-order valence-corrected chi connectivity index (χ4v) is 4.26. The highest BCUT2D eigenvalue weighted by Crippen LogP contribution is 2.41. The number of aromatic nitrogens is 2. The molecule has 0 bridgehead atoms. The monoisotopic (exact) mass is 585 g/mol. The lowest BCUT2D eigenvalue weighted by molar-refractivity contribution is -0.158. The Kier molecular flexibility index (Phi) is 9.38. The summed E-state index contributed by atoms with van der Waals surface area (Å²) in [5.74, 6) is 1.00. The summed E-state index contributed by atoms with van der Waals surface area (Å²) in [5.41, 5.74) is 0.846.